The van der Waals surface area contributed by atoms with Crippen molar-refractivity contribution in [3.8, 4) is 0 Å². The van der Waals surface area contributed by atoms with E-state index in [1.54, 1.807) is 4.90 Å². The second kappa shape index (κ2) is 5.04. The number of anilines is 1. The summed E-state index contributed by atoms with van der Waals surface area (Å²) in [6.45, 7) is 3.71. The van der Waals surface area contributed by atoms with Gasteiger partial charge in [-0.15, -0.1) is 0 Å². The summed E-state index contributed by atoms with van der Waals surface area (Å²) in [5.74, 6) is 2.87. The van der Waals surface area contributed by atoms with Crippen molar-refractivity contribution < 1.29 is 4.79 Å². The highest BCUT2D eigenvalue weighted by Crippen LogP contribution is 2.39. The van der Waals surface area contributed by atoms with Crippen LogP contribution in [0, 0.1) is 12.8 Å². The fraction of sp³-hybridized carbons (Fsp3) is 0.667. The zero-order valence-electron chi connectivity index (χ0n) is 12.5. The van der Waals surface area contributed by atoms with Crippen molar-refractivity contribution in [1.29, 1.82) is 0 Å². The number of nitrogens with zero attached hydrogens (tertiary/aromatic N) is 4. The second-order valence-corrected chi connectivity index (χ2v) is 6.16. The summed E-state index contributed by atoms with van der Waals surface area (Å²) in [5, 5.41) is 0. The van der Waals surface area contributed by atoms with E-state index in [4.69, 9.17) is 4.98 Å². The Morgan fingerprint density at radius 1 is 1.30 bits per heavy atom. The molecule has 2 aliphatic rings. The van der Waals surface area contributed by atoms with Gasteiger partial charge in [-0.2, -0.15) is 0 Å². The molecule has 1 atom stereocenters. The molecule has 2 heterocycles. The summed E-state index contributed by atoms with van der Waals surface area (Å²) in [7, 11) is 3.65. The molecule has 0 bridgehead atoms. The minimum absolute atomic E-state index is 0.102. The molecule has 0 aromatic carbocycles. The Bertz CT molecular complexity index is 525. The van der Waals surface area contributed by atoms with Crippen molar-refractivity contribution in [2.24, 2.45) is 5.92 Å². The van der Waals surface area contributed by atoms with Crippen LogP contribution in [-0.2, 0) is 4.79 Å². The summed E-state index contributed by atoms with van der Waals surface area (Å²) in [5.41, 5.74) is 1.03. The predicted octanol–water partition coefficient (Wildman–Crippen LogP) is 1.58. The molecule has 0 spiro atoms. The van der Waals surface area contributed by atoms with Gasteiger partial charge in [0.25, 0.3) is 0 Å². The van der Waals surface area contributed by atoms with Gasteiger partial charge in [0.1, 0.15) is 11.6 Å². The molecule has 0 N–H and O–H groups in total. The molecule has 1 saturated heterocycles. The average molecular weight is 274 g/mol. The molecule has 1 aromatic rings. The van der Waals surface area contributed by atoms with Crippen LogP contribution in [-0.4, -0.2) is 48.0 Å². The minimum Gasteiger partial charge on any atom is -0.356 e. The lowest BCUT2D eigenvalue weighted by atomic mass is 10.1. The highest BCUT2D eigenvalue weighted by atomic mass is 16.2. The lowest BCUT2D eigenvalue weighted by Gasteiger charge is -2.19. The van der Waals surface area contributed by atoms with Crippen molar-refractivity contribution in [2.75, 3.05) is 32.1 Å². The van der Waals surface area contributed by atoms with Crippen LogP contribution in [0.2, 0.25) is 0 Å². The van der Waals surface area contributed by atoms with Gasteiger partial charge in [-0.05, 0) is 26.2 Å². The third-order valence-corrected chi connectivity index (χ3v) is 4.10. The number of hydrogen-bond acceptors (Lipinski definition) is 4. The van der Waals surface area contributed by atoms with E-state index in [0.29, 0.717) is 5.92 Å². The molecule has 1 amide bonds. The first-order valence-electron chi connectivity index (χ1n) is 7.36. The zero-order chi connectivity index (χ0) is 14.3. The molecule has 1 aliphatic heterocycles. The second-order valence-electron chi connectivity index (χ2n) is 6.16. The molecule has 1 saturated carbocycles. The van der Waals surface area contributed by atoms with Gasteiger partial charge in [-0.3, -0.25) is 4.79 Å². The Morgan fingerprint density at radius 3 is 2.70 bits per heavy atom. The lowest BCUT2D eigenvalue weighted by Crippen LogP contribution is -2.32. The third-order valence-electron chi connectivity index (χ3n) is 4.10. The van der Waals surface area contributed by atoms with Gasteiger partial charge < -0.3 is 9.80 Å². The average Bonchev–Trinajstić information content (AvgIpc) is 3.14. The van der Waals surface area contributed by atoms with Gasteiger partial charge in [0.15, 0.2) is 0 Å². The summed E-state index contributed by atoms with van der Waals surface area (Å²) in [4.78, 5) is 25.2. The fourth-order valence-electron chi connectivity index (χ4n) is 2.80. The summed E-state index contributed by atoms with van der Waals surface area (Å²) >= 11 is 0. The van der Waals surface area contributed by atoms with Gasteiger partial charge in [-0.1, -0.05) is 0 Å². The van der Waals surface area contributed by atoms with Crippen molar-refractivity contribution in [2.45, 2.75) is 32.1 Å². The van der Waals surface area contributed by atoms with Gasteiger partial charge in [0, 0.05) is 44.9 Å². The van der Waals surface area contributed by atoms with Crippen LogP contribution in [0.3, 0.4) is 0 Å². The van der Waals surface area contributed by atoms with Crippen LogP contribution in [0.4, 0.5) is 5.82 Å². The fourth-order valence-corrected chi connectivity index (χ4v) is 2.80. The molecule has 2 fully saturated rings. The van der Waals surface area contributed by atoms with Crippen molar-refractivity contribution in [3.63, 3.8) is 0 Å². The summed E-state index contributed by atoms with van der Waals surface area (Å²) in [6, 6.07) is 2.04. The van der Waals surface area contributed by atoms with E-state index in [1.165, 1.54) is 12.8 Å². The highest BCUT2D eigenvalue weighted by molar-refractivity contribution is 5.79. The smallest absolute Gasteiger partial charge is 0.227 e. The van der Waals surface area contributed by atoms with E-state index in [-0.39, 0.29) is 11.8 Å². The summed E-state index contributed by atoms with van der Waals surface area (Å²) < 4.78 is 0. The molecule has 5 heteroatoms. The molecule has 1 unspecified atom stereocenters. The van der Waals surface area contributed by atoms with Gasteiger partial charge in [0.2, 0.25) is 5.91 Å². The van der Waals surface area contributed by atoms with Crippen LogP contribution in [0.15, 0.2) is 6.07 Å². The zero-order valence-corrected chi connectivity index (χ0v) is 12.5. The number of carbonyl (C=O) groups excluding carboxylic acids is 1. The molecule has 5 nitrogen and oxygen atoms in total. The minimum atomic E-state index is 0.102. The first-order valence-corrected chi connectivity index (χ1v) is 7.36. The topological polar surface area (TPSA) is 49.3 Å². The van der Waals surface area contributed by atoms with Crippen LogP contribution < -0.4 is 4.90 Å². The van der Waals surface area contributed by atoms with Crippen LogP contribution >= 0.6 is 0 Å². The van der Waals surface area contributed by atoms with Crippen LogP contribution in [0.25, 0.3) is 0 Å². The number of rotatable bonds is 3. The Hall–Kier alpha value is -1.65. The predicted molar refractivity (Wildman–Crippen MR) is 77.8 cm³/mol. The van der Waals surface area contributed by atoms with Gasteiger partial charge >= 0.3 is 0 Å². The highest BCUT2D eigenvalue weighted by Gasteiger charge is 2.32. The maximum Gasteiger partial charge on any atom is 0.227 e. The number of aryl methyl sites for hydroxylation is 1. The van der Waals surface area contributed by atoms with E-state index < -0.39 is 0 Å². The van der Waals surface area contributed by atoms with Crippen molar-refractivity contribution in [1.82, 2.24) is 14.9 Å². The van der Waals surface area contributed by atoms with E-state index in [0.717, 1.165) is 36.8 Å². The number of hydrogen-bond donors (Lipinski definition) is 0. The molecule has 1 aromatic heterocycles. The maximum atomic E-state index is 12.0. The van der Waals surface area contributed by atoms with E-state index in [2.05, 4.69) is 9.88 Å². The molecule has 1 aliphatic carbocycles. The molecular formula is C15H22N4O. The monoisotopic (exact) mass is 274 g/mol. The Balaban J connectivity index is 1.75. The van der Waals surface area contributed by atoms with Crippen molar-refractivity contribution in [3.05, 3.63) is 17.6 Å². The Morgan fingerprint density at radius 2 is 2.05 bits per heavy atom. The molecule has 3 rings (SSSR count). The number of aromatic nitrogens is 2. The molecule has 0 radical (unpaired) electrons. The largest absolute Gasteiger partial charge is 0.356 e. The SMILES string of the molecule is Cc1cc(N2CCC(C(=O)N(C)C)C2)nc(C2CC2)n1. The Labute approximate surface area is 120 Å². The van der Waals surface area contributed by atoms with Gasteiger partial charge in [-0.25, -0.2) is 9.97 Å². The summed E-state index contributed by atoms with van der Waals surface area (Å²) in [6.07, 6.45) is 3.34. The van der Waals surface area contributed by atoms with E-state index in [9.17, 15) is 4.79 Å². The first-order chi connectivity index (χ1) is 9.54. The van der Waals surface area contributed by atoms with E-state index in [1.807, 2.05) is 27.1 Å². The Kier molecular flexibility index (Phi) is 3.36. The van der Waals surface area contributed by atoms with Crippen LogP contribution in [0.1, 0.15) is 36.7 Å². The molecular weight excluding hydrogens is 252 g/mol. The lowest BCUT2D eigenvalue weighted by molar-refractivity contribution is -0.132. The van der Waals surface area contributed by atoms with E-state index >= 15 is 0 Å². The normalized spacial score (nSPS) is 22.1. The molecule has 20 heavy (non-hydrogen) atoms. The van der Waals surface area contributed by atoms with Gasteiger partial charge in [0.05, 0.1) is 5.92 Å². The maximum absolute atomic E-state index is 12.0. The quantitative estimate of drug-likeness (QED) is 0.839. The van der Waals surface area contributed by atoms with Crippen molar-refractivity contribution >= 4 is 11.7 Å². The molecule has 108 valence electrons. The first kappa shape index (κ1) is 13.3. The third kappa shape index (κ3) is 2.62. The number of carbonyl (C=O) groups is 1. The number of amides is 1. The standard InChI is InChI=1S/C15H22N4O/c1-10-8-13(17-14(16-10)11-4-5-11)19-7-6-12(9-19)15(20)18(2)3/h8,11-12H,4-7,9H2,1-3H3. The van der Waals surface area contributed by atoms with Crippen LogP contribution in [0.5, 0.6) is 0 Å².